The highest BCUT2D eigenvalue weighted by Gasteiger charge is 2.28. The number of likely N-dealkylation sites (tertiary alicyclic amines) is 1. The lowest BCUT2D eigenvalue weighted by Gasteiger charge is -2.37. The SMILES string of the molecule is COCC(=O)N1CC[C@@H](C)[C@H](N=C([O-])OC(C)(C)C)C1. The number of amides is 1. The number of piperidine rings is 1. The van der Waals surface area contributed by atoms with E-state index in [1.165, 1.54) is 7.11 Å². The van der Waals surface area contributed by atoms with E-state index in [4.69, 9.17) is 9.47 Å². The van der Waals surface area contributed by atoms with E-state index in [9.17, 15) is 9.90 Å². The summed E-state index contributed by atoms with van der Waals surface area (Å²) in [6.07, 6.45) is 0.266. The fourth-order valence-corrected chi connectivity index (χ4v) is 2.08. The van der Waals surface area contributed by atoms with E-state index in [-0.39, 0.29) is 24.5 Å². The first-order valence-corrected chi connectivity index (χ1v) is 6.93. The fourth-order valence-electron chi connectivity index (χ4n) is 2.08. The van der Waals surface area contributed by atoms with Gasteiger partial charge in [0, 0.05) is 25.8 Å². The number of nitrogens with zero attached hydrogens (tertiary/aromatic N) is 2. The van der Waals surface area contributed by atoms with E-state index in [1.807, 2.05) is 6.92 Å². The summed E-state index contributed by atoms with van der Waals surface area (Å²) >= 11 is 0. The molecule has 1 aliphatic rings. The normalized spacial score (nSPS) is 24.6. The van der Waals surface area contributed by atoms with Gasteiger partial charge in [0.15, 0.2) is 0 Å². The third kappa shape index (κ3) is 5.36. The third-order valence-electron chi connectivity index (χ3n) is 3.20. The third-order valence-corrected chi connectivity index (χ3v) is 3.20. The van der Waals surface area contributed by atoms with Crippen molar-refractivity contribution in [3.8, 4) is 0 Å². The molecule has 1 rings (SSSR count). The van der Waals surface area contributed by atoms with Crippen LogP contribution in [0.1, 0.15) is 34.1 Å². The van der Waals surface area contributed by atoms with Gasteiger partial charge in [-0.15, -0.1) is 0 Å². The van der Waals surface area contributed by atoms with Gasteiger partial charge in [0.1, 0.15) is 12.7 Å². The molecule has 1 heterocycles. The molecule has 6 nitrogen and oxygen atoms in total. The number of aliphatic imine (C=N–C) groups is 1. The number of rotatable bonds is 3. The highest BCUT2D eigenvalue weighted by atomic mass is 16.6. The molecule has 1 saturated heterocycles. The van der Waals surface area contributed by atoms with Crippen LogP contribution in [0, 0.1) is 5.92 Å². The number of ether oxygens (including phenoxy) is 2. The quantitative estimate of drug-likeness (QED) is 0.556. The standard InChI is InChI=1S/C14H26N2O4/c1-10-6-7-16(12(17)9-19-5)8-11(10)15-13(18)20-14(2,3)4/h10-11H,6-9H2,1-5H3,(H,15,18)/p-1/t10-,11-/m1/s1. The van der Waals surface area contributed by atoms with Crippen molar-refractivity contribution in [2.24, 2.45) is 10.9 Å². The first-order chi connectivity index (χ1) is 9.23. The zero-order valence-electron chi connectivity index (χ0n) is 13.0. The molecular weight excluding hydrogens is 260 g/mol. The average Bonchev–Trinajstić information content (AvgIpc) is 2.29. The van der Waals surface area contributed by atoms with E-state index in [0.717, 1.165) is 6.42 Å². The molecule has 1 fully saturated rings. The molecule has 0 aromatic rings. The van der Waals surface area contributed by atoms with E-state index in [2.05, 4.69) is 4.99 Å². The summed E-state index contributed by atoms with van der Waals surface area (Å²) in [6, 6.07) is -0.209. The van der Waals surface area contributed by atoms with Gasteiger partial charge in [0.25, 0.3) is 0 Å². The van der Waals surface area contributed by atoms with Crippen LogP contribution in [-0.2, 0) is 14.3 Å². The minimum atomic E-state index is -0.560. The Hall–Kier alpha value is -1.30. The second kappa shape index (κ2) is 6.92. The van der Waals surface area contributed by atoms with Crippen LogP contribution in [0.15, 0.2) is 4.99 Å². The molecule has 2 atom stereocenters. The maximum atomic E-state index is 11.8. The monoisotopic (exact) mass is 285 g/mol. The van der Waals surface area contributed by atoms with Gasteiger partial charge < -0.3 is 19.5 Å². The molecule has 116 valence electrons. The molecule has 0 aliphatic carbocycles. The zero-order valence-corrected chi connectivity index (χ0v) is 13.0. The lowest BCUT2D eigenvalue weighted by Crippen LogP contribution is -2.47. The largest absolute Gasteiger partial charge is 0.595 e. The topological polar surface area (TPSA) is 74.2 Å². The van der Waals surface area contributed by atoms with Crippen LogP contribution in [0.3, 0.4) is 0 Å². The molecule has 0 unspecified atom stereocenters. The molecule has 0 aromatic heterocycles. The first kappa shape index (κ1) is 16.8. The van der Waals surface area contributed by atoms with Crippen molar-refractivity contribution in [1.29, 1.82) is 0 Å². The molecular formula is C14H25N2O4-. The summed E-state index contributed by atoms with van der Waals surface area (Å²) in [5.41, 5.74) is -0.552. The van der Waals surface area contributed by atoms with Crippen molar-refractivity contribution in [3.63, 3.8) is 0 Å². The zero-order chi connectivity index (χ0) is 15.3. The molecule has 6 heteroatoms. The predicted molar refractivity (Wildman–Crippen MR) is 74.3 cm³/mol. The Morgan fingerprint density at radius 2 is 2.10 bits per heavy atom. The lowest BCUT2D eigenvalue weighted by molar-refractivity contribution is -0.261. The number of carbonyl (C=O) groups excluding carboxylic acids is 1. The van der Waals surface area contributed by atoms with Gasteiger partial charge >= 0.3 is 0 Å². The molecule has 1 aliphatic heterocycles. The second-order valence-corrected chi connectivity index (χ2v) is 6.22. The van der Waals surface area contributed by atoms with Crippen LogP contribution in [0.5, 0.6) is 0 Å². The maximum Gasteiger partial charge on any atom is 0.248 e. The minimum absolute atomic E-state index is 0.0630. The molecule has 0 saturated carbocycles. The number of hydrogen-bond donors (Lipinski definition) is 0. The van der Waals surface area contributed by atoms with Gasteiger partial charge in [-0.25, -0.2) is 0 Å². The van der Waals surface area contributed by atoms with Crippen molar-refractivity contribution in [1.82, 2.24) is 4.90 Å². The second-order valence-electron chi connectivity index (χ2n) is 6.22. The Kier molecular flexibility index (Phi) is 5.80. The van der Waals surface area contributed by atoms with Gasteiger partial charge in [-0.1, -0.05) is 27.7 Å². The van der Waals surface area contributed by atoms with E-state index >= 15 is 0 Å². The maximum absolute atomic E-state index is 11.8. The molecule has 20 heavy (non-hydrogen) atoms. The summed E-state index contributed by atoms with van der Waals surface area (Å²) in [4.78, 5) is 17.6. The summed E-state index contributed by atoms with van der Waals surface area (Å²) in [5.74, 6) is 0.193. The van der Waals surface area contributed by atoms with Crippen molar-refractivity contribution in [3.05, 3.63) is 0 Å². The van der Waals surface area contributed by atoms with Crippen molar-refractivity contribution < 1.29 is 19.4 Å². The Morgan fingerprint density at radius 3 is 2.65 bits per heavy atom. The number of hydrogen-bond acceptors (Lipinski definition) is 5. The Bertz CT molecular complexity index is 363. The van der Waals surface area contributed by atoms with Gasteiger partial charge in [-0.3, -0.25) is 9.79 Å². The Balaban J connectivity index is 2.67. The van der Waals surface area contributed by atoms with Crippen molar-refractivity contribution in [2.45, 2.75) is 45.8 Å². The van der Waals surface area contributed by atoms with Crippen LogP contribution in [0.25, 0.3) is 0 Å². The average molecular weight is 285 g/mol. The first-order valence-electron chi connectivity index (χ1n) is 6.93. The van der Waals surface area contributed by atoms with Crippen LogP contribution in [0.2, 0.25) is 0 Å². The van der Waals surface area contributed by atoms with Crippen LogP contribution in [0.4, 0.5) is 0 Å². The van der Waals surface area contributed by atoms with Gasteiger partial charge in [0.2, 0.25) is 5.91 Å². The molecule has 1 amide bonds. The van der Waals surface area contributed by atoms with Crippen molar-refractivity contribution >= 4 is 12.0 Å². The highest BCUT2D eigenvalue weighted by molar-refractivity contribution is 5.77. The van der Waals surface area contributed by atoms with Gasteiger partial charge in [-0.05, 0) is 12.3 Å². The summed E-state index contributed by atoms with van der Waals surface area (Å²) < 4.78 is 10.1. The lowest BCUT2D eigenvalue weighted by atomic mass is 9.94. The summed E-state index contributed by atoms with van der Waals surface area (Å²) in [7, 11) is 1.49. The van der Waals surface area contributed by atoms with Crippen LogP contribution in [-0.4, -0.2) is 55.3 Å². The smallest absolute Gasteiger partial charge is 0.248 e. The summed E-state index contributed by atoms with van der Waals surface area (Å²) in [6.45, 7) is 8.65. The Morgan fingerprint density at radius 1 is 1.45 bits per heavy atom. The minimum Gasteiger partial charge on any atom is -0.595 e. The molecule has 0 radical (unpaired) electrons. The molecule has 0 spiro atoms. The fraction of sp³-hybridized carbons (Fsp3) is 0.857. The number of carbonyl (C=O) groups is 1. The van der Waals surface area contributed by atoms with Crippen LogP contribution < -0.4 is 5.11 Å². The number of methoxy groups -OCH3 is 1. The molecule has 0 N–H and O–H groups in total. The van der Waals surface area contributed by atoms with Crippen molar-refractivity contribution in [2.75, 3.05) is 26.8 Å². The summed E-state index contributed by atoms with van der Waals surface area (Å²) in [5, 5.41) is 11.8. The molecule has 0 bridgehead atoms. The van der Waals surface area contributed by atoms with Gasteiger partial charge in [0.05, 0.1) is 6.04 Å². The van der Waals surface area contributed by atoms with E-state index in [0.29, 0.717) is 13.1 Å². The molecule has 0 aromatic carbocycles. The van der Waals surface area contributed by atoms with E-state index < -0.39 is 11.7 Å². The van der Waals surface area contributed by atoms with E-state index in [1.54, 1.807) is 25.7 Å². The van der Waals surface area contributed by atoms with Crippen LogP contribution >= 0.6 is 0 Å². The van der Waals surface area contributed by atoms with Gasteiger partial charge in [-0.2, -0.15) is 0 Å². The Labute approximate surface area is 120 Å². The predicted octanol–water partition coefficient (Wildman–Crippen LogP) is 0.401. The highest BCUT2D eigenvalue weighted by Crippen LogP contribution is 2.20.